The molecule has 1 heterocycles. The Balaban J connectivity index is 1.83. The smallest absolute Gasteiger partial charge is 0.225 e. The van der Waals surface area contributed by atoms with Gasteiger partial charge in [0.2, 0.25) is 5.91 Å². The van der Waals surface area contributed by atoms with Gasteiger partial charge in [-0.05, 0) is 38.5 Å². The molecule has 1 saturated carbocycles. The van der Waals surface area contributed by atoms with Crippen LogP contribution >= 0.6 is 0 Å². The van der Waals surface area contributed by atoms with Crippen LogP contribution in [0, 0.1) is 5.92 Å². The molecule has 3 N–H and O–H groups in total. The first-order valence-corrected chi connectivity index (χ1v) is 6.39. The number of rotatable bonds is 1. The van der Waals surface area contributed by atoms with Crippen LogP contribution < -0.4 is 5.73 Å². The minimum Gasteiger partial charge on any atom is -0.393 e. The Morgan fingerprint density at radius 2 is 1.62 bits per heavy atom. The number of amides is 1. The first-order valence-electron chi connectivity index (χ1n) is 6.39. The fourth-order valence-corrected chi connectivity index (χ4v) is 2.70. The predicted octanol–water partition coefficient (Wildman–Crippen LogP) is 0.487. The predicted molar refractivity (Wildman–Crippen MR) is 61.8 cm³/mol. The lowest BCUT2D eigenvalue weighted by atomic mass is 9.86. The lowest BCUT2D eigenvalue weighted by Crippen LogP contribution is -2.45. The molecule has 0 radical (unpaired) electrons. The zero-order valence-electron chi connectivity index (χ0n) is 9.77. The van der Waals surface area contributed by atoms with E-state index in [9.17, 15) is 9.90 Å². The Morgan fingerprint density at radius 3 is 2.19 bits per heavy atom. The number of likely N-dealkylation sites (tertiary alicyclic amines) is 1. The summed E-state index contributed by atoms with van der Waals surface area (Å²) in [6, 6.07) is 0.275. The molecule has 0 aromatic rings. The average molecular weight is 226 g/mol. The third kappa shape index (κ3) is 2.74. The molecule has 92 valence electrons. The van der Waals surface area contributed by atoms with Crippen LogP contribution in [0.3, 0.4) is 0 Å². The fraction of sp³-hybridized carbons (Fsp3) is 0.917. The van der Waals surface area contributed by atoms with Gasteiger partial charge in [0.25, 0.3) is 0 Å². The van der Waals surface area contributed by atoms with Gasteiger partial charge in [-0.1, -0.05) is 0 Å². The second-order valence-electron chi connectivity index (χ2n) is 5.17. The molecule has 1 amide bonds. The van der Waals surface area contributed by atoms with Gasteiger partial charge >= 0.3 is 0 Å². The van der Waals surface area contributed by atoms with Crippen molar-refractivity contribution in [3.8, 4) is 0 Å². The number of aliphatic hydroxyl groups excluding tert-OH is 1. The van der Waals surface area contributed by atoms with Crippen molar-refractivity contribution in [3.63, 3.8) is 0 Å². The summed E-state index contributed by atoms with van der Waals surface area (Å²) in [4.78, 5) is 14.1. The maximum Gasteiger partial charge on any atom is 0.225 e. The number of aliphatic hydroxyl groups is 1. The summed E-state index contributed by atoms with van der Waals surface area (Å²) in [6.45, 7) is 1.64. The SMILES string of the molecule is NC1CCN(C(=O)C2CCC(O)CC2)CC1. The van der Waals surface area contributed by atoms with Crippen LogP contribution in [-0.2, 0) is 4.79 Å². The van der Waals surface area contributed by atoms with Crippen molar-refractivity contribution in [1.29, 1.82) is 0 Å². The number of carbonyl (C=O) groups excluding carboxylic acids is 1. The summed E-state index contributed by atoms with van der Waals surface area (Å²) < 4.78 is 0. The van der Waals surface area contributed by atoms with Crippen LogP contribution in [-0.4, -0.2) is 41.1 Å². The van der Waals surface area contributed by atoms with Crippen molar-refractivity contribution >= 4 is 5.91 Å². The normalized spacial score (nSPS) is 32.8. The summed E-state index contributed by atoms with van der Waals surface area (Å²) in [6.07, 6.45) is 4.94. The van der Waals surface area contributed by atoms with Gasteiger partial charge in [0, 0.05) is 25.0 Å². The van der Waals surface area contributed by atoms with Crippen LogP contribution in [0.1, 0.15) is 38.5 Å². The van der Waals surface area contributed by atoms with E-state index in [-0.39, 0.29) is 18.1 Å². The number of hydrogen-bond acceptors (Lipinski definition) is 3. The Kier molecular flexibility index (Phi) is 3.82. The maximum absolute atomic E-state index is 12.2. The van der Waals surface area contributed by atoms with E-state index < -0.39 is 0 Å². The molecule has 0 aromatic carbocycles. The van der Waals surface area contributed by atoms with Crippen molar-refractivity contribution in [1.82, 2.24) is 4.90 Å². The van der Waals surface area contributed by atoms with Crippen molar-refractivity contribution < 1.29 is 9.90 Å². The van der Waals surface area contributed by atoms with E-state index in [1.807, 2.05) is 4.90 Å². The monoisotopic (exact) mass is 226 g/mol. The van der Waals surface area contributed by atoms with E-state index in [0.717, 1.165) is 51.6 Å². The third-order valence-corrected chi connectivity index (χ3v) is 3.90. The minimum absolute atomic E-state index is 0.151. The number of nitrogens with two attached hydrogens (primary N) is 1. The van der Waals surface area contributed by atoms with E-state index in [1.165, 1.54) is 0 Å². The van der Waals surface area contributed by atoms with E-state index >= 15 is 0 Å². The minimum atomic E-state index is -0.182. The first kappa shape index (κ1) is 11.9. The molecule has 2 fully saturated rings. The number of piperidine rings is 1. The Bertz CT molecular complexity index is 217. The van der Waals surface area contributed by atoms with Crippen LogP contribution in [0.4, 0.5) is 0 Å². The molecule has 0 bridgehead atoms. The lowest BCUT2D eigenvalue weighted by Gasteiger charge is -2.34. The number of carbonyl (C=O) groups is 1. The zero-order valence-corrected chi connectivity index (χ0v) is 9.77. The van der Waals surface area contributed by atoms with Crippen LogP contribution in [0.5, 0.6) is 0 Å². The van der Waals surface area contributed by atoms with Crippen molar-refractivity contribution in [2.75, 3.05) is 13.1 Å². The van der Waals surface area contributed by atoms with Gasteiger partial charge in [0.15, 0.2) is 0 Å². The van der Waals surface area contributed by atoms with E-state index in [0.29, 0.717) is 5.91 Å². The lowest BCUT2D eigenvalue weighted by molar-refractivity contribution is -0.138. The van der Waals surface area contributed by atoms with E-state index in [2.05, 4.69) is 0 Å². The zero-order chi connectivity index (χ0) is 11.5. The maximum atomic E-state index is 12.2. The summed E-state index contributed by atoms with van der Waals surface area (Å²) >= 11 is 0. The molecule has 1 saturated heterocycles. The average Bonchev–Trinajstić information content (AvgIpc) is 2.30. The van der Waals surface area contributed by atoms with Crippen LogP contribution in [0.25, 0.3) is 0 Å². The highest BCUT2D eigenvalue weighted by Crippen LogP contribution is 2.26. The number of hydrogen-bond donors (Lipinski definition) is 2. The highest BCUT2D eigenvalue weighted by atomic mass is 16.3. The fourth-order valence-electron chi connectivity index (χ4n) is 2.70. The molecule has 2 rings (SSSR count). The molecular formula is C12H22N2O2. The van der Waals surface area contributed by atoms with Gasteiger partial charge in [-0.15, -0.1) is 0 Å². The molecule has 1 aliphatic heterocycles. The standard InChI is InChI=1S/C12H22N2O2/c13-10-5-7-14(8-6-10)12(16)9-1-3-11(15)4-2-9/h9-11,15H,1-8,13H2. The molecule has 16 heavy (non-hydrogen) atoms. The number of nitrogens with zero attached hydrogens (tertiary/aromatic N) is 1. The summed E-state index contributed by atoms with van der Waals surface area (Å²) in [5, 5.41) is 9.41. The molecule has 0 spiro atoms. The van der Waals surface area contributed by atoms with Crippen molar-refractivity contribution in [3.05, 3.63) is 0 Å². The quantitative estimate of drug-likeness (QED) is 0.683. The van der Waals surface area contributed by atoms with Gasteiger partial charge in [-0.25, -0.2) is 0 Å². The summed E-state index contributed by atoms with van der Waals surface area (Å²) in [5.74, 6) is 0.441. The topological polar surface area (TPSA) is 66.6 Å². The second-order valence-corrected chi connectivity index (χ2v) is 5.17. The molecule has 0 atom stereocenters. The van der Waals surface area contributed by atoms with Gasteiger partial charge in [-0.3, -0.25) is 4.79 Å². The summed E-state index contributed by atoms with van der Waals surface area (Å²) in [5.41, 5.74) is 5.82. The van der Waals surface area contributed by atoms with E-state index in [1.54, 1.807) is 0 Å². The highest BCUT2D eigenvalue weighted by molar-refractivity contribution is 5.79. The first-order chi connectivity index (χ1) is 7.66. The molecule has 4 nitrogen and oxygen atoms in total. The molecular weight excluding hydrogens is 204 g/mol. The second kappa shape index (κ2) is 5.15. The Hall–Kier alpha value is -0.610. The Labute approximate surface area is 96.8 Å². The molecule has 1 aliphatic carbocycles. The van der Waals surface area contributed by atoms with Gasteiger partial charge in [0.05, 0.1) is 6.10 Å². The van der Waals surface area contributed by atoms with Crippen LogP contribution in [0.15, 0.2) is 0 Å². The highest BCUT2D eigenvalue weighted by Gasteiger charge is 2.30. The van der Waals surface area contributed by atoms with Crippen molar-refractivity contribution in [2.45, 2.75) is 50.7 Å². The largest absolute Gasteiger partial charge is 0.393 e. The Morgan fingerprint density at radius 1 is 1.06 bits per heavy atom. The van der Waals surface area contributed by atoms with Gasteiger partial charge in [0.1, 0.15) is 0 Å². The van der Waals surface area contributed by atoms with Crippen LogP contribution in [0.2, 0.25) is 0 Å². The molecule has 0 unspecified atom stereocenters. The van der Waals surface area contributed by atoms with E-state index in [4.69, 9.17) is 5.73 Å². The molecule has 0 aromatic heterocycles. The van der Waals surface area contributed by atoms with Crippen molar-refractivity contribution in [2.24, 2.45) is 11.7 Å². The molecule has 4 heteroatoms. The van der Waals surface area contributed by atoms with Gasteiger partial charge in [-0.2, -0.15) is 0 Å². The van der Waals surface area contributed by atoms with Gasteiger partial charge < -0.3 is 15.7 Å². The summed E-state index contributed by atoms with van der Waals surface area (Å²) in [7, 11) is 0. The molecule has 2 aliphatic rings. The third-order valence-electron chi connectivity index (χ3n) is 3.90.